The molecule has 2 N–H and O–H groups in total. The second-order valence-corrected chi connectivity index (χ2v) is 4.83. The highest BCUT2D eigenvalue weighted by atomic mass is 16.5. The van der Waals surface area contributed by atoms with Gasteiger partial charge < -0.3 is 20.3 Å². The van der Waals surface area contributed by atoms with Crippen molar-refractivity contribution in [2.45, 2.75) is 19.4 Å². The first-order valence-corrected chi connectivity index (χ1v) is 6.32. The van der Waals surface area contributed by atoms with E-state index >= 15 is 0 Å². The fraction of sp³-hybridized carbons (Fsp3) is 0.917. The first-order valence-electron chi connectivity index (χ1n) is 6.32. The summed E-state index contributed by atoms with van der Waals surface area (Å²) in [5, 5.41) is 6.12. The first-order chi connectivity index (χ1) is 8.13. The van der Waals surface area contributed by atoms with Crippen LogP contribution in [-0.4, -0.2) is 63.8 Å². The van der Waals surface area contributed by atoms with Gasteiger partial charge in [-0.05, 0) is 39.4 Å². The van der Waals surface area contributed by atoms with E-state index in [4.69, 9.17) is 4.74 Å². The standard InChI is InChI=1S/C12H25N3O2/c1-10(12(16)13-5-7-17-3)14-8-11-4-6-15(2)9-11/h10-11,14H,4-9H2,1-3H3,(H,13,16). The van der Waals surface area contributed by atoms with Gasteiger partial charge in [-0.3, -0.25) is 4.79 Å². The smallest absolute Gasteiger partial charge is 0.236 e. The second kappa shape index (κ2) is 7.63. The molecule has 1 aliphatic rings. The fourth-order valence-corrected chi connectivity index (χ4v) is 2.06. The van der Waals surface area contributed by atoms with Crippen LogP contribution in [0.4, 0.5) is 0 Å². The monoisotopic (exact) mass is 243 g/mol. The number of nitrogens with one attached hydrogen (secondary N) is 2. The zero-order valence-corrected chi connectivity index (χ0v) is 11.2. The summed E-state index contributed by atoms with van der Waals surface area (Å²) < 4.78 is 4.88. The topological polar surface area (TPSA) is 53.6 Å². The summed E-state index contributed by atoms with van der Waals surface area (Å²) in [4.78, 5) is 14.0. The van der Waals surface area contributed by atoms with Gasteiger partial charge in [-0.15, -0.1) is 0 Å². The second-order valence-electron chi connectivity index (χ2n) is 4.83. The molecule has 5 nitrogen and oxygen atoms in total. The number of rotatable bonds is 7. The lowest BCUT2D eigenvalue weighted by Gasteiger charge is -2.17. The summed E-state index contributed by atoms with van der Waals surface area (Å²) in [5.41, 5.74) is 0. The van der Waals surface area contributed by atoms with E-state index < -0.39 is 0 Å². The van der Waals surface area contributed by atoms with Gasteiger partial charge in [-0.1, -0.05) is 0 Å². The molecule has 100 valence electrons. The number of ether oxygens (including phenoxy) is 1. The highest BCUT2D eigenvalue weighted by Crippen LogP contribution is 2.12. The maximum absolute atomic E-state index is 11.6. The number of hydrogen-bond donors (Lipinski definition) is 2. The molecule has 1 heterocycles. The maximum atomic E-state index is 11.6. The highest BCUT2D eigenvalue weighted by Gasteiger charge is 2.20. The lowest BCUT2D eigenvalue weighted by atomic mass is 10.1. The molecule has 1 aliphatic heterocycles. The van der Waals surface area contributed by atoms with E-state index in [-0.39, 0.29) is 11.9 Å². The number of carbonyl (C=O) groups excluding carboxylic acids is 1. The fourth-order valence-electron chi connectivity index (χ4n) is 2.06. The summed E-state index contributed by atoms with van der Waals surface area (Å²) in [6.45, 7) is 6.26. The number of amides is 1. The van der Waals surface area contributed by atoms with E-state index in [1.165, 1.54) is 13.0 Å². The van der Waals surface area contributed by atoms with Crippen molar-refractivity contribution in [1.82, 2.24) is 15.5 Å². The molecule has 0 spiro atoms. The molecular formula is C12H25N3O2. The zero-order chi connectivity index (χ0) is 12.7. The Morgan fingerprint density at radius 2 is 2.35 bits per heavy atom. The molecule has 1 amide bonds. The van der Waals surface area contributed by atoms with Crippen molar-refractivity contribution < 1.29 is 9.53 Å². The molecule has 0 bridgehead atoms. The molecule has 0 aromatic rings. The molecule has 0 radical (unpaired) electrons. The van der Waals surface area contributed by atoms with Crippen LogP contribution in [0.3, 0.4) is 0 Å². The number of hydrogen-bond acceptors (Lipinski definition) is 4. The minimum Gasteiger partial charge on any atom is -0.383 e. The summed E-state index contributed by atoms with van der Waals surface area (Å²) in [7, 11) is 3.77. The SMILES string of the molecule is COCCNC(=O)C(C)NCC1CCN(C)C1. The van der Waals surface area contributed by atoms with E-state index in [0.717, 1.165) is 13.1 Å². The van der Waals surface area contributed by atoms with E-state index in [1.807, 2.05) is 6.92 Å². The summed E-state index contributed by atoms with van der Waals surface area (Å²) >= 11 is 0. The van der Waals surface area contributed by atoms with Crippen LogP contribution >= 0.6 is 0 Å². The van der Waals surface area contributed by atoms with E-state index in [2.05, 4.69) is 22.6 Å². The van der Waals surface area contributed by atoms with Gasteiger partial charge in [0.15, 0.2) is 0 Å². The van der Waals surface area contributed by atoms with E-state index in [9.17, 15) is 4.79 Å². The molecule has 0 aliphatic carbocycles. The van der Waals surface area contributed by atoms with Gasteiger partial charge in [0, 0.05) is 20.2 Å². The summed E-state index contributed by atoms with van der Waals surface area (Å²) in [5.74, 6) is 0.725. The van der Waals surface area contributed by atoms with E-state index in [0.29, 0.717) is 19.1 Å². The molecule has 2 atom stereocenters. The van der Waals surface area contributed by atoms with E-state index in [1.54, 1.807) is 7.11 Å². The van der Waals surface area contributed by atoms with Crippen molar-refractivity contribution in [1.29, 1.82) is 0 Å². The minimum absolute atomic E-state index is 0.0494. The molecule has 0 aromatic carbocycles. The molecule has 2 unspecified atom stereocenters. The Bertz CT molecular complexity index is 236. The zero-order valence-electron chi connectivity index (χ0n) is 11.2. The quantitative estimate of drug-likeness (QED) is 0.602. The Hall–Kier alpha value is -0.650. The van der Waals surface area contributed by atoms with Crippen molar-refractivity contribution in [3.05, 3.63) is 0 Å². The van der Waals surface area contributed by atoms with Gasteiger partial charge in [0.1, 0.15) is 0 Å². The largest absolute Gasteiger partial charge is 0.383 e. The Balaban J connectivity index is 2.11. The Morgan fingerprint density at radius 1 is 1.59 bits per heavy atom. The molecule has 5 heteroatoms. The maximum Gasteiger partial charge on any atom is 0.236 e. The number of likely N-dealkylation sites (tertiary alicyclic amines) is 1. The number of carbonyl (C=O) groups is 1. The Kier molecular flexibility index (Phi) is 6.47. The summed E-state index contributed by atoms with van der Waals surface area (Å²) in [6, 6.07) is -0.127. The van der Waals surface area contributed by atoms with Crippen molar-refractivity contribution in [2.75, 3.05) is 46.9 Å². The van der Waals surface area contributed by atoms with Gasteiger partial charge in [-0.25, -0.2) is 0 Å². The Morgan fingerprint density at radius 3 is 2.94 bits per heavy atom. The predicted molar refractivity (Wildman–Crippen MR) is 68.0 cm³/mol. The van der Waals surface area contributed by atoms with Crippen LogP contribution in [0.15, 0.2) is 0 Å². The van der Waals surface area contributed by atoms with Crippen LogP contribution in [0.1, 0.15) is 13.3 Å². The van der Waals surface area contributed by atoms with Crippen molar-refractivity contribution >= 4 is 5.91 Å². The van der Waals surface area contributed by atoms with Crippen molar-refractivity contribution in [3.8, 4) is 0 Å². The first kappa shape index (κ1) is 14.4. The van der Waals surface area contributed by atoms with Gasteiger partial charge in [0.05, 0.1) is 12.6 Å². The molecule has 0 saturated carbocycles. The lowest BCUT2D eigenvalue weighted by Crippen LogP contribution is -2.44. The van der Waals surface area contributed by atoms with Gasteiger partial charge in [-0.2, -0.15) is 0 Å². The average Bonchev–Trinajstić information content (AvgIpc) is 2.72. The molecular weight excluding hydrogens is 218 g/mol. The third-order valence-electron chi connectivity index (χ3n) is 3.20. The van der Waals surface area contributed by atoms with Gasteiger partial charge in [0.2, 0.25) is 5.91 Å². The minimum atomic E-state index is -0.127. The van der Waals surface area contributed by atoms with Crippen LogP contribution < -0.4 is 10.6 Å². The molecule has 1 saturated heterocycles. The van der Waals surface area contributed by atoms with Crippen molar-refractivity contribution in [2.24, 2.45) is 5.92 Å². The third kappa shape index (κ3) is 5.48. The lowest BCUT2D eigenvalue weighted by molar-refractivity contribution is -0.122. The average molecular weight is 243 g/mol. The molecule has 0 aromatic heterocycles. The van der Waals surface area contributed by atoms with Crippen LogP contribution in [-0.2, 0) is 9.53 Å². The van der Waals surface area contributed by atoms with Gasteiger partial charge in [0.25, 0.3) is 0 Å². The third-order valence-corrected chi connectivity index (χ3v) is 3.20. The number of nitrogens with zero attached hydrogens (tertiary/aromatic N) is 1. The van der Waals surface area contributed by atoms with Gasteiger partial charge >= 0.3 is 0 Å². The molecule has 1 rings (SSSR count). The summed E-state index contributed by atoms with van der Waals surface area (Å²) in [6.07, 6.45) is 1.22. The highest BCUT2D eigenvalue weighted by molar-refractivity contribution is 5.81. The van der Waals surface area contributed by atoms with Crippen LogP contribution in [0.5, 0.6) is 0 Å². The van der Waals surface area contributed by atoms with Crippen LogP contribution in [0.25, 0.3) is 0 Å². The predicted octanol–water partition coefficient (Wildman–Crippen LogP) is -0.321. The molecule has 17 heavy (non-hydrogen) atoms. The Labute approximate surface area is 104 Å². The number of methoxy groups -OCH3 is 1. The van der Waals surface area contributed by atoms with Crippen molar-refractivity contribution in [3.63, 3.8) is 0 Å². The normalized spacial score (nSPS) is 22.6. The van der Waals surface area contributed by atoms with Crippen LogP contribution in [0, 0.1) is 5.92 Å². The molecule has 1 fully saturated rings. The van der Waals surface area contributed by atoms with Crippen LogP contribution in [0.2, 0.25) is 0 Å².